The highest BCUT2D eigenvalue weighted by atomic mass is 16.5. The molecule has 0 aliphatic carbocycles. The van der Waals surface area contributed by atoms with E-state index >= 15 is 0 Å². The summed E-state index contributed by atoms with van der Waals surface area (Å²) in [7, 11) is 0. The highest BCUT2D eigenvalue weighted by Gasteiger charge is 2.11. The maximum Gasteiger partial charge on any atom is 0.339 e. The third-order valence-electron chi connectivity index (χ3n) is 2.47. The van der Waals surface area contributed by atoms with Crippen LogP contribution in [0.15, 0.2) is 42.6 Å². The van der Waals surface area contributed by atoms with Crippen molar-refractivity contribution in [1.29, 1.82) is 0 Å². The molecule has 4 heteroatoms. The average Bonchev–Trinajstić information content (AvgIpc) is 2.37. The Labute approximate surface area is 105 Å². The molecular formula is C14H13NO3. The second-order valence-electron chi connectivity index (χ2n) is 3.91. The summed E-state index contributed by atoms with van der Waals surface area (Å²) in [5.41, 5.74) is 1.88. The van der Waals surface area contributed by atoms with E-state index in [1.807, 2.05) is 25.1 Å². The van der Waals surface area contributed by atoms with Gasteiger partial charge in [-0.05, 0) is 36.8 Å². The van der Waals surface area contributed by atoms with Crippen LogP contribution in [0, 0.1) is 6.92 Å². The first-order valence-electron chi connectivity index (χ1n) is 5.53. The van der Waals surface area contributed by atoms with Crippen molar-refractivity contribution in [3.05, 3.63) is 59.4 Å². The molecule has 1 aromatic carbocycles. The lowest BCUT2D eigenvalue weighted by Gasteiger charge is -2.09. The molecule has 0 aliphatic heterocycles. The normalized spacial score (nSPS) is 10.1. The zero-order valence-corrected chi connectivity index (χ0v) is 9.96. The predicted molar refractivity (Wildman–Crippen MR) is 66.7 cm³/mol. The fourth-order valence-corrected chi connectivity index (χ4v) is 1.56. The third-order valence-corrected chi connectivity index (χ3v) is 2.47. The van der Waals surface area contributed by atoms with Gasteiger partial charge >= 0.3 is 5.97 Å². The zero-order valence-electron chi connectivity index (χ0n) is 9.96. The van der Waals surface area contributed by atoms with E-state index in [-0.39, 0.29) is 12.2 Å². The van der Waals surface area contributed by atoms with Gasteiger partial charge in [0.2, 0.25) is 0 Å². The van der Waals surface area contributed by atoms with Crippen molar-refractivity contribution < 1.29 is 14.6 Å². The molecule has 2 aromatic rings. The quantitative estimate of drug-likeness (QED) is 0.896. The molecule has 0 radical (unpaired) electrons. The van der Waals surface area contributed by atoms with Gasteiger partial charge in [-0.3, -0.25) is 4.98 Å². The van der Waals surface area contributed by atoms with Gasteiger partial charge in [-0.1, -0.05) is 12.1 Å². The summed E-state index contributed by atoms with van der Waals surface area (Å²) in [6.07, 6.45) is 1.67. The third kappa shape index (κ3) is 2.85. The lowest BCUT2D eigenvalue weighted by Crippen LogP contribution is -2.04. The number of rotatable bonds is 4. The molecule has 2 rings (SSSR count). The van der Waals surface area contributed by atoms with Crippen molar-refractivity contribution >= 4 is 5.97 Å². The number of ether oxygens (including phenoxy) is 1. The Balaban J connectivity index is 2.18. The second kappa shape index (κ2) is 5.31. The van der Waals surface area contributed by atoms with Gasteiger partial charge < -0.3 is 9.84 Å². The molecule has 4 nitrogen and oxygen atoms in total. The summed E-state index contributed by atoms with van der Waals surface area (Å²) in [4.78, 5) is 15.2. The molecular weight excluding hydrogens is 230 g/mol. The van der Waals surface area contributed by atoms with Crippen LogP contribution in [-0.2, 0) is 6.61 Å². The maximum absolute atomic E-state index is 11.0. The van der Waals surface area contributed by atoms with Crippen LogP contribution >= 0.6 is 0 Å². The second-order valence-corrected chi connectivity index (χ2v) is 3.91. The lowest BCUT2D eigenvalue weighted by atomic mass is 10.1. The Morgan fingerprint density at radius 3 is 2.83 bits per heavy atom. The van der Waals surface area contributed by atoms with Gasteiger partial charge in [0.1, 0.15) is 17.9 Å². The first-order chi connectivity index (χ1) is 8.66. The first kappa shape index (κ1) is 12.1. The first-order valence-corrected chi connectivity index (χ1v) is 5.53. The molecule has 1 heterocycles. The van der Waals surface area contributed by atoms with E-state index in [2.05, 4.69) is 4.98 Å². The van der Waals surface area contributed by atoms with Gasteiger partial charge in [-0.15, -0.1) is 0 Å². The number of benzene rings is 1. The molecule has 0 fully saturated rings. The van der Waals surface area contributed by atoms with Crippen LogP contribution in [0.4, 0.5) is 0 Å². The monoisotopic (exact) mass is 243 g/mol. The molecule has 1 aromatic heterocycles. The van der Waals surface area contributed by atoms with E-state index in [9.17, 15) is 4.79 Å². The zero-order chi connectivity index (χ0) is 13.0. The number of hydrogen-bond acceptors (Lipinski definition) is 3. The number of hydrogen-bond donors (Lipinski definition) is 1. The highest BCUT2D eigenvalue weighted by molar-refractivity contribution is 5.90. The SMILES string of the molecule is Cc1ccc(C(=O)O)c(OCc2ccccn2)c1. The van der Waals surface area contributed by atoms with Crippen LogP contribution in [-0.4, -0.2) is 16.1 Å². The van der Waals surface area contributed by atoms with Gasteiger partial charge in [0, 0.05) is 6.20 Å². The Morgan fingerprint density at radius 1 is 1.33 bits per heavy atom. The number of carboxylic acid groups (broad SMARTS) is 1. The molecule has 92 valence electrons. The Hall–Kier alpha value is -2.36. The van der Waals surface area contributed by atoms with E-state index < -0.39 is 5.97 Å². The number of nitrogens with zero attached hydrogens (tertiary/aromatic N) is 1. The van der Waals surface area contributed by atoms with Crippen LogP contribution in [0.2, 0.25) is 0 Å². The minimum atomic E-state index is -0.994. The Morgan fingerprint density at radius 2 is 2.17 bits per heavy atom. The Bertz CT molecular complexity index is 552. The maximum atomic E-state index is 11.0. The molecule has 0 unspecified atom stereocenters. The molecule has 18 heavy (non-hydrogen) atoms. The molecule has 1 N–H and O–H groups in total. The molecule has 0 aliphatic rings. The summed E-state index contributed by atoms with van der Waals surface area (Å²) in [5.74, 6) is -0.626. The van der Waals surface area contributed by atoms with Crippen LogP contribution in [0.25, 0.3) is 0 Å². The van der Waals surface area contributed by atoms with Crippen molar-refractivity contribution in [3.63, 3.8) is 0 Å². The predicted octanol–water partition coefficient (Wildman–Crippen LogP) is 2.67. The number of aryl methyl sites for hydroxylation is 1. The number of aromatic nitrogens is 1. The van der Waals surface area contributed by atoms with Crippen LogP contribution in [0.1, 0.15) is 21.6 Å². The van der Waals surface area contributed by atoms with Crippen LogP contribution < -0.4 is 4.74 Å². The highest BCUT2D eigenvalue weighted by Crippen LogP contribution is 2.21. The molecule has 0 amide bonds. The van der Waals surface area contributed by atoms with E-state index in [1.54, 1.807) is 24.4 Å². The van der Waals surface area contributed by atoms with E-state index in [0.29, 0.717) is 5.75 Å². The van der Waals surface area contributed by atoms with E-state index in [1.165, 1.54) is 0 Å². The molecule has 0 bridgehead atoms. The van der Waals surface area contributed by atoms with Crippen molar-refractivity contribution in [2.45, 2.75) is 13.5 Å². The van der Waals surface area contributed by atoms with Gasteiger partial charge in [0.05, 0.1) is 5.69 Å². The smallest absolute Gasteiger partial charge is 0.339 e. The topological polar surface area (TPSA) is 59.4 Å². The number of pyridine rings is 1. The summed E-state index contributed by atoms with van der Waals surface area (Å²) >= 11 is 0. The largest absolute Gasteiger partial charge is 0.486 e. The van der Waals surface area contributed by atoms with Crippen LogP contribution in [0.5, 0.6) is 5.75 Å². The minimum absolute atomic E-state index is 0.163. The van der Waals surface area contributed by atoms with Gasteiger partial charge in [-0.2, -0.15) is 0 Å². The summed E-state index contributed by atoms with van der Waals surface area (Å²) < 4.78 is 5.52. The fraction of sp³-hybridized carbons (Fsp3) is 0.143. The standard InChI is InChI=1S/C14H13NO3/c1-10-5-6-12(14(16)17)13(8-10)18-9-11-4-2-3-7-15-11/h2-8H,9H2,1H3,(H,16,17). The number of carbonyl (C=O) groups is 1. The number of carboxylic acids is 1. The lowest BCUT2D eigenvalue weighted by molar-refractivity contribution is 0.0691. The average molecular weight is 243 g/mol. The Kier molecular flexibility index (Phi) is 3.57. The van der Waals surface area contributed by atoms with Gasteiger partial charge in [0.25, 0.3) is 0 Å². The molecule has 0 atom stereocenters. The summed E-state index contributed by atoms with van der Waals surface area (Å²) in [6.45, 7) is 2.14. The van der Waals surface area contributed by atoms with E-state index in [4.69, 9.17) is 9.84 Å². The van der Waals surface area contributed by atoms with Crippen molar-refractivity contribution in [2.75, 3.05) is 0 Å². The van der Waals surface area contributed by atoms with Crippen molar-refractivity contribution in [3.8, 4) is 5.75 Å². The number of aromatic carboxylic acids is 1. The fourth-order valence-electron chi connectivity index (χ4n) is 1.56. The van der Waals surface area contributed by atoms with Crippen LogP contribution in [0.3, 0.4) is 0 Å². The summed E-state index contributed by atoms with van der Waals surface area (Å²) in [5, 5.41) is 9.06. The molecule has 0 saturated heterocycles. The van der Waals surface area contributed by atoms with E-state index in [0.717, 1.165) is 11.3 Å². The summed E-state index contributed by atoms with van der Waals surface area (Å²) in [6, 6.07) is 10.5. The molecule has 0 spiro atoms. The van der Waals surface area contributed by atoms with Crippen molar-refractivity contribution in [1.82, 2.24) is 4.98 Å². The van der Waals surface area contributed by atoms with Gasteiger partial charge in [0.15, 0.2) is 0 Å². The van der Waals surface area contributed by atoms with Crippen molar-refractivity contribution in [2.24, 2.45) is 0 Å². The minimum Gasteiger partial charge on any atom is -0.486 e. The van der Waals surface area contributed by atoms with Gasteiger partial charge in [-0.25, -0.2) is 4.79 Å². The molecule has 0 saturated carbocycles.